The Morgan fingerprint density at radius 2 is 2.09 bits per heavy atom. The van der Waals surface area contributed by atoms with Crippen LogP contribution in [0.3, 0.4) is 0 Å². The number of carbonyl (C=O) groups is 1. The minimum atomic E-state index is -0.500. The Morgan fingerprint density at radius 1 is 1.39 bits per heavy atom. The molecule has 1 unspecified atom stereocenters. The molecule has 1 heterocycles. The number of nitro groups is 1. The van der Waals surface area contributed by atoms with E-state index in [0.717, 1.165) is 38.0 Å². The number of anilines is 1. The van der Waals surface area contributed by atoms with Gasteiger partial charge in [0.1, 0.15) is 0 Å². The first-order valence-corrected chi connectivity index (χ1v) is 8.02. The predicted octanol–water partition coefficient (Wildman–Crippen LogP) is 2.09. The van der Waals surface area contributed by atoms with Crippen LogP contribution < -0.4 is 10.2 Å². The number of carbonyl (C=O) groups excluding carboxylic acids is 1. The first kappa shape index (κ1) is 17.2. The van der Waals surface area contributed by atoms with E-state index in [4.69, 9.17) is 0 Å². The number of nitro benzene ring substituents is 1. The summed E-state index contributed by atoms with van der Waals surface area (Å²) < 4.78 is 0. The van der Waals surface area contributed by atoms with E-state index in [9.17, 15) is 20.0 Å². The zero-order valence-electron chi connectivity index (χ0n) is 13.3. The Hall–Kier alpha value is -2.15. The van der Waals surface area contributed by atoms with E-state index in [1.54, 1.807) is 6.07 Å². The summed E-state index contributed by atoms with van der Waals surface area (Å²) in [4.78, 5) is 25.2. The topological polar surface area (TPSA) is 95.7 Å². The van der Waals surface area contributed by atoms with Crippen LogP contribution in [-0.4, -0.2) is 41.7 Å². The van der Waals surface area contributed by atoms with Gasteiger partial charge in [-0.15, -0.1) is 0 Å². The summed E-state index contributed by atoms with van der Waals surface area (Å²) >= 11 is 0. The van der Waals surface area contributed by atoms with Gasteiger partial charge < -0.3 is 15.3 Å². The molecule has 2 N–H and O–H groups in total. The molecule has 0 spiro atoms. The van der Waals surface area contributed by atoms with Crippen molar-refractivity contribution in [2.75, 3.05) is 24.6 Å². The number of piperidine rings is 1. The summed E-state index contributed by atoms with van der Waals surface area (Å²) in [6.45, 7) is 3.39. The number of hydrogen-bond donors (Lipinski definition) is 2. The third-order valence-electron chi connectivity index (χ3n) is 4.18. The van der Waals surface area contributed by atoms with Crippen LogP contribution in [0.5, 0.6) is 0 Å². The molecule has 1 aromatic carbocycles. The van der Waals surface area contributed by atoms with Gasteiger partial charge in [0.2, 0.25) is 0 Å². The van der Waals surface area contributed by atoms with Crippen molar-refractivity contribution in [2.24, 2.45) is 0 Å². The molecule has 1 atom stereocenters. The van der Waals surface area contributed by atoms with Crippen LogP contribution >= 0.6 is 0 Å². The van der Waals surface area contributed by atoms with E-state index in [2.05, 4.69) is 10.2 Å². The molecule has 1 amide bonds. The Morgan fingerprint density at radius 3 is 2.65 bits per heavy atom. The molecule has 0 saturated carbocycles. The maximum absolute atomic E-state index is 12.5. The maximum Gasteiger partial charge on any atom is 0.270 e. The number of amides is 1. The van der Waals surface area contributed by atoms with Crippen LogP contribution in [-0.2, 0) is 0 Å². The summed E-state index contributed by atoms with van der Waals surface area (Å²) in [7, 11) is 0. The molecule has 1 saturated heterocycles. The normalized spacial score (nSPS) is 16.0. The van der Waals surface area contributed by atoms with E-state index >= 15 is 0 Å². The second-order valence-electron chi connectivity index (χ2n) is 5.77. The lowest BCUT2D eigenvalue weighted by Gasteiger charge is -2.30. The molecule has 0 aliphatic carbocycles. The zero-order valence-corrected chi connectivity index (χ0v) is 13.3. The molecule has 0 bridgehead atoms. The number of aliphatic hydroxyl groups excluding tert-OH is 1. The van der Waals surface area contributed by atoms with Gasteiger partial charge in [0, 0.05) is 25.2 Å². The Labute approximate surface area is 135 Å². The number of nitrogens with one attached hydrogen (secondary N) is 1. The maximum atomic E-state index is 12.5. The molecule has 23 heavy (non-hydrogen) atoms. The fraction of sp³-hybridized carbons (Fsp3) is 0.562. The molecule has 1 aromatic rings. The average molecular weight is 321 g/mol. The summed E-state index contributed by atoms with van der Waals surface area (Å²) in [5.41, 5.74) is 0.918. The molecule has 1 aliphatic heterocycles. The molecule has 126 valence electrons. The van der Waals surface area contributed by atoms with Crippen molar-refractivity contribution in [2.45, 2.75) is 38.6 Å². The van der Waals surface area contributed by atoms with Gasteiger partial charge in [-0.1, -0.05) is 6.92 Å². The lowest BCUT2D eigenvalue weighted by Crippen LogP contribution is -2.38. The van der Waals surface area contributed by atoms with Crippen molar-refractivity contribution in [3.63, 3.8) is 0 Å². The van der Waals surface area contributed by atoms with Crippen LogP contribution in [0.2, 0.25) is 0 Å². The summed E-state index contributed by atoms with van der Waals surface area (Å²) in [6, 6.07) is 4.06. The van der Waals surface area contributed by atoms with Crippen molar-refractivity contribution in [3.8, 4) is 0 Å². The lowest BCUT2D eigenvalue weighted by molar-refractivity contribution is -0.384. The van der Waals surface area contributed by atoms with Crippen LogP contribution in [0, 0.1) is 10.1 Å². The largest absolute Gasteiger partial charge is 0.394 e. The average Bonchev–Trinajstić information content (AvgIpc) is 2.59. The summed E-state index contributed by atoms with van der Waals surface area (Å²) in [5, 5.41) is 23.0. The van der Waals surface area contributed by atoms with E-state index in [1.165, 1.54) is 12.1 Å². The molecule has 7 nitrogen and oxygen atoms in total. The molecule has 7 heteroatoms. The quantitative estimate of drug-likeness (QED) is 0.618. The molecule has 0 aromatic heterocycles. The number of rotatable bonds is 6. The summed E-state index contributed by atoms with van der Waals surface area (Å²) in [6.07, 6.45) is 3.85. The molecule has 2 rings (SSSR count). The SMILES string of the molecule is CCC(CO)NC(=O)c1cc([N+](=O)[O-])ccc1N1CCCCC1. The highest BCUT2D eigenvalue weighted by molar-refractivity contribution is 6.00. The second-order valence-corrected chi connectivity index (χ2v) is 5.77. The van der Waals surface area contributed by atoms with Crippen LogP contribution in [0.15, 0.2) is 18.2 Å². The Bertz CT molecular complexity index is 566. The third kappa shape index (κ3) is 4.19. The van der Waals surface area contributed by atoms with Gasteiger partial charge in [0.25, 0.3) is 11.6 Å². The van der Waals surface area contributed by atoms with Crippen LogP contribution in [0.25, 0.3) is 0 Å². The van der Waals surface area contributed by atoms with Crippen molar-refractivity contribution in [3.05, 3.63) is 33.9 Å². The minimum Gasteiger partial charge on any atom is -0.394 e. The number of hydrogen-bond acceptors (Lipinski definition) is 5. The highest BCUT2D eigenvalue weighted by atomic mass is 16.6. The molecule has 1 fully saturated rings. The summed E-state index contributed by atoms with van der Waals surface area (Å²) in [5.74, 6) is -0.379. The van der Waals surface area contributed by atoms with Crippen molar-refractivity contribution < 1.29 is 14.8 Å². The number of nitrogens with zero attached hydrogens (tertiary/aromatic N) is 2. The van der Waals surface area contributed by atoms with E-state index in [0.29, 0.717) is 12.0 Å². The van der Waals surface area contributed by atoms with Gasteiger partial charge in [-0.3, -0.25) is 14.9 Å². The van der Waals surface area contributed by atoms with Gasteiger partial charge in [-0.25, -0.2) is 0 Å². The first-order valence-electron chi connectivity index (χ1n) is 8.02. The smallest absolute Gasteiger partial charge is 0.270 e. The third-order valence-corrected chi connectivity index (χ3v) is 4.18. The standard InChI is InChI=1S/C16H23N3O4/c1-2-12(11-20)17-16(21)14-10-13(19(22)23)6-7-15(14)18-8-4-3-5-9-18/h6-7,10,12,20H,2-5,8-9,11H2,1H3,(H,17,21). The van der Waals surface area contributed by atoms with Gasteiger partial charge in [0.15, 0.2) is 0 Å². The molecular weight excluding hydrogens is 298 g/mol. The number of non-ortho nitro benzene ring substituents is 1. The second kappa shape index (κ2) is 7.92. The van der Waals surface area contributed by atoms with Crippen molar-refractivity contribution >= 4 is 17.3 Å². The van der Waals surface area contributed by atoms with E-state index in [1.807, 2.05) is 6.92 Å². The minimum absolute atomic E-state index is 0.104. The van der Waals surface area contributed by atoms with Crippen LogP contribution in [0.1, 0.15) is 43.0 Å². The Balaban J connectivity index is 2.33. The van der Waals surface area contributed by atoms with E-state index in [-0.39, 0.29) is 24.2 Å². The van der Waals surface area contributed by atoms with Gasteiger partial charge in [0.05, 0.1) is 28.8 Å². The highest BCUT2D eigenvalue weighted by Crippen LogP contribution is 2.28. The number of aliphatic hydroxyl groups is 1. The van der Waals surface area contributed by atoms with Crippen LogP contribution in [0.4, 0.5) is 11.4 Å². The van der Waals surface area contributed by atoms with Gasteiger partial charge >= 0.3 is 0 Å². The number of benzene rings is 1. The van der Waals surface area contributed by atoms with Crippen molar-refractivity contribution in [1.82, 2.24) is 5.32 Å². The van der Waals surface area contributed by atoms with Gasteiger partial charge in [-0.2, -0.15) is 0 Å². The van der Waals surface area contributed by atoms with Gasteiger partial charge in [-0.05, 0) is 31.7 Å². The zero-order chi connectivity index (χ0) is 16.8. The molecular formula is C16H23N3O4. The fourth-order valence-corrected chi connectivity index (χ4v) is 2.77. The highest BCUT2D eigenvalue weighted by Gasteiger charge is 2.23. The predicted molar refractivity (Wildman–Crippen MR) is 87.8 cm³/mol. The molecule has 1 aliphatic rings. The monoisotopic (exact) mass is 321 g/mol. The lowest BCUT2D eigenvalue weighted by atomic mass is 10.1. The van der Waals surface area contributed by atoms with Crippen molar-refractivity contribution in [1.29, 1.82) is 0 Å². The van der Waals surface area contributed by atoms with E-state index < -0.39 is 4.92 Å². The fourth-order valence-electron chi connectivity index (χ4n) is 2.77. The first-order chi connectivity index (χ1) is 11.1. The molecule has 0 radical (unpaired) electrons. The Kier molecular flexibility index (Phi) is 5.92.